The van der Waals surface area contributed by atoms with Crippen molar-refractivity contribution in [3.05, 3.63) is 23.8 Å². The summed E-state index contributed by atoms with van der Waals surface area (Å²) >= 11 is 0. The second-order valence-corrected chi connectivity index (χ2v) is 13.0. The van der Waals surface area contributed by atoms with Crippen LogP contribution in [0.15, 0.2) is 23.8 Å². The molecule has 8 heteroatoms. The topological polar surface area (TPSA) is 125 Å². The van der Waals surface area contributed by atoms with Crippen molar-refractivity contribution in [2.75, 3.05) is 13.2 Å². The Balaban J connectivity index is 1.36. The third-order valence-electron chi connectivity index (χ3n) is 11.2. The number of Topliss-reactive ketones (excluding diaryl/α,β-unsaturated/α-hetero) is 1. The van der Waals surface area contributed by atoms with Gasteiger partial charge in [-0.05, 0) is 62.5 Å². The van der Waals surface area contributed by atoms with Gasteiger partial charge in [-0.1, -0.05) is 44.8 Å². The van der Waals surface area contributed by atoms with Crippen LogP contribution in [0.3, 0.4) is 0 Å². The van der Waals surface area contributed by atoms with Gasteiger partial charge in [-0.25, -0.2) is 0 Å². The number of carbonyl (C=O) groups is 3. The first kappa shape index (κ1) is 26.4. The highest BCUT2D eigenvalue weighted by molar-refractivity contribution is 6.01. The number of aliphatic hydroxyl groups is 1. The van der Waals surface area contributed by atoms with Crippen molar-refractivity contribution in [1.29, 1.82) is 0 Å². The number of allylic oxidation sites excluding steroid dienone is 4. The van der Waals surface area contributed by atoms with E-state index in [9.17, 15) is 19.5 Å². The second-order valence-electron chi connectivity index (χ2n) is 13.0. The lowest BCUT2D eigenvalue weighted by atomic mass is 9.46. The number of hydrogen-bond donors (Lipinski definition) is 2. The Kier molecular flexibility index (Phi) is 6.49. The molecule has 0 bridgehead atoms. The quantitative estimate of drug-likeness (QED) is 0.523. The summed E-state index contributed by atoms with van der Waals surface area (Å²) in [5, 5.41) is 11.8. The summed E-state index contributed by atoms with van der Waals surface area (Å²) in [5.74, 6) is -0.494. The van der Waals surface area contributed by atoms with Crippen molar-refractivity contribution in [2.24, 2.45) is 40.2 Å². The Morgan fingerprint density at radius 1 is 1.18 bits per heavy atom. The molecule has 6 aliphatic rings. The molecular formula is C30H41NO7. The fraction of sp³-hybridized carbons (Fsp3) is 0.767. The van der Waals surface area contributed by atoms with Gasteiger partial charge in [0.1, 0.15) is 0 Å². The van der Waals surface area contributed by atoms with Crippen LogP contribution in [0.1, 0.15) is 71.6 Å². The molecule has 0 radical (unpaired) electrons. The van der Waals surface area contributed by atoms with Crippen molar-refractivity contribution in [2.45, 2.75) is 95.7 Å². The van der Waals surface area contributed by atoms with Gasteiger partial charge in [-0.3, -0.25) is 14.4 Å². The molecule has 0 unspecified atom stereocenters. The number of ether oxygens (including phenoxy) is 3. The van der Waals surface area contributed by atoms with Crippen molar-refractivity contribution < 1.29 is 33.7 Å². The molecule has 38 heavy (non-hydrogen) atoms. The van der Waals surface area contributed by atoms with Gasteiger partial charge in [0.15, 0.2) is 24.3 Å². The number of fused-ring (bicyclic) bond motifs is 7. The first-order valence-corrected chi connectivity index (χ1v) is 14.5. The third-order valence-corrected chi connectivity index (χ3v) is 11.2. The van der Waals surface area contributed by atoms with Crippen LogP contribution in [0.25, 0.3) is 0 Å². The standard InChI is InChI=1S/C30H41NO7/c1-28-11-10-19(32)12-18(28)8-9-20-21-13-24-30(23(34)16-36-25(35)15-31,29(21,2)14-22(33)26(20)28)38-27(37-24)17-6-4-3-5-7-17/h10-12,17,20-22,24,26-27,33H,3-9,13-16,31H2,1-2H3/t20-,21-,22-,24+,26+,27+,28-,29-,30+/m0/s1. The lowest BCUT2D eigenvalue weighted by molar-refractivity contribution is -0.210. The smallest absolute Gasteiger partial charge is 0.320 e. The highest BCUT2D eigenvalue weighted by atomic mass is 16.7. The molecule has 0 spiro atoms. The molecule has 5 aliphatic carbocycles. The lowest BCUT2D eigenvalue weighted by Crippen LogP contribution is -2.63. The van der Waals surface area contributed by atoms with Crippen molar-refractivity contribution in [3.63, 3.8) is 0 Å². The minimum absolute atomic E-state index is 0.00796. The molecule has 0 aromatic heterocycles. The summed E-state index contributed by atoms with van der Waals surface area (Å²) in [4.78, 5) is 38.1. The first-order valence-electron chi connectivity index (χ1n) is 14.5. The van der Waals surface area contributed by atoms with E-state index in [0.717, 1.165) is 44.1 Å². The molecule has 0 amide bonds. The van der Waals surface area contributed by atoms with Gasteiger partial charge < -0.3 is 25.1 Å². The zero-order valence-electron chi connectivity index (χ0n) is 22.5. The predicted molar refractivity (Wildman–Crippen MR) is 137 cm³/mol. The third kappa shape index (κ3) is 3.66. The van der Waals surface area contributed by atoms with E-state index in [1.165, 1.54) is 6.42 Å². The molecule has 0 aromatic carbocycles. The molecule has 8 nitrogen and oxygen atoms in total. The van der Waals surface area contributed by atoms with Crippen molar-refractivity contribution in [3.8, 4) is 0 Å². The number of esters is 1. The van der Waals surface area contributed by atoms with E-state index in [2.05, 4.69) is 13.8 Å². The maximum absolute atomic E-state index is 14.1. The minimum Gasteiger partial charge on any atom is -0.457 e. The maximum Gasteiger partial charge on any atom is 0.320 e. The summed E-state index contributed by atoms with van der Waals surface area (Å²) in [5.41, 5.74) is 4.17. The van der Waals surface area contributed by atoms with Gasteiger partial charge in [-0.15, -0.1) is 0 Å². The average Bonchev–Trinajstić information content (AvgIpc) is 3.41. The van der Waals surface area contributed by atoms with E-state index in [1.807, 2.05) is 6.08 Å². The summed E-state index contributed by atoms with van der Waals surface area (Å²) in [6.07, 6.45) is 11.9. The number of carbonyl (C=O) groups excluding carboxylic acids is 3. The lowest BCUT2D eigenvalue weighted by Gasteiger charge is -2.59. The van der Waals surface area contributed by atoms with E-state index in [4.69, 9.17) is 19.9 Å². The van der Waals surface area contributed by atoms with Gasteiger partial charge in [0.05, 0.1) is 18.8 Å². The van der Waals surface area contributed by atoms with Crippen LogP contribution in [0.5, 0.6) is 0 Å². The highest BCUT2D eigenvalue weighted by Crippen LogP contribution is 2.70. The van der Waals surface area contributed by atoms with Crippen LogP contribution in [-0.2, 0) is 28.6 Å². The largest absolute Gasteiger partial charge is 0.457 e. The SMILES string of the molecule is C[C@]12C=CC(=O)C=C1CC[C@@H]1[C@@H]2[C@@H](O)C[C@@]2(C)[C@H]1C[C@H]1O[C@@H](C3CCCCC3)O[C@]12C(=O)COC(=O)CN. The Labute approximate surface area is 224 Å². The number of nitrogens with two attached hydrogens (primary N) is 1. The average molecular weight is 528 g/mol. The summed E-state index contributed by atoms with van der Waals surface area (Å²) in [7, 11) is 0. The zero-order chi connectivity index (χ0) is 26.9. The Hall–Kier alpha value is -1.87. The molecule has 5 fully saturated rings. The molecule has 9 atom stereocenters. The normalized spacial score (nSPS) is 46.0. The maximum atomic E-state index is 14.1. The zero-order valence-corrected chi connectivity index (χ0v) is 22.5. The number of rotatable bonds is 5. The molecule has 1 saturated heterocycles. The number of aliphatic hydroxyl groups excluding tert-OH is 1. The molecule has 4 saturated carbocycles. The van der Waals surface area contributed by atoms with Gasteiger partial charge in [0.2, 0.25) is 5.78 Å². The Morgan fingerprint density at radius 2 is 1.95 bits per heavy atom. The molecule has 1 heterocycles. The van der Waals surface area contributed by atoms with Crippen LogP contribution in [-0.4, -0.2) is 59.9 Å². The van der Waals surface area contributed by atoms with E-state index in [0.29, 0.717) is 12.8 Å². The molecule has 6 rings (SSSR count). The van der Waals surface area contributed by atoms with E-state index in [1.54, 1.807) is 12.2 Å². The van der Waals surface area contributed by atoms with Crippen LogP contribution in [0.2, 0.25) is 0 Å². The van der Waals surface area contributed by atoms with Gasteiger partial charge >= 0.3 is 5.97 Å². The molecule has 1 aliphatic heterocycles. The highest BCUT2D eigenvalue weighted by Gasteiger charge is 2.76. The fourth-order valence-corrected chi connectivity index (χ4v) is 9.52. The van der Waals surface area contributed by atoms with Crippen LogP contribution in [0, 0.1) is 34.5 Å². The molecule has 208 valence electrons. The summed E-state index contributed by atoms with van der Waals surface area (Å²) in [6, 6.07) is 0. The number of ketones is 2. The number of hydrogen-bond acceptors (Lipinski definition) is 8. The Bertz CT molecular complexity index is 1080. The van der Waals surface area contributed by atoms with Crippen LogP contribution >= 0.6 is 0 Å². The molecule has 0 aromatic rings. The fourth-order valence-electron chi connectivity index (χ4n) is 9.52. The van der Waals surface area contributed by atoms with Crippen molar-refractivity contribution >= 4 is 17.5 Å². The van der Waals surface area contributed by atoms with Gasteiger partial charge in [0.25, 0.3) is 0 Å². The first-order chi connectivity index (χ1) is 18.1. The van der Waals surface area contributed by atoms with Crippen LogP contribution < -0.4 is 5.73 Å². The van der Waals surface area contributed by atoms with E-state index in [-0.39, 0.29) is 41.8 Å². The summed E-state index contributed by atoms with van der Waals surface area (Å²) < 4.78 is 18.7. The molecule has 3 N–H and O–H groups in total. The minimum atomic E-state index is -1.28. The van der Waals surface area contributed by atoms with Gasteiger partial charge in [0, 0.05) is 22.7 Å². The van der Waals surface area contributed by atoms with Crippen molar-refractivity contribution in [1.82, 2.24) is 0 Å². The summed E-state index contributed by atoms with van der Waals surface area (Å²) in [6.45, 7) is 3.52. The van der Waals surface area contributed by atoms with E-state index >= 15 is 0 Å². The van der Waals surface area contributed by atoms with E-state index < -0.39 is 47.5 Å². The molecular weight excluding hydrogens is 486 g/mol. The second kappa shape index (κ2) is 9.36. The predicted octanol–water partition coefficient (Wildman–Crippen LogP) is 3.01. The van der Waals surface area contributed by atoms with Gasteiger partial charge in [-0.2, -0.15) is 0 Å². The Morgan fingerprint density at radius 3 is 2.68 bits per heavy atom. The van der Waals surface area contributed by atoms with Crippen LogP contribution in [0.4, 0.5) is 0 Å². The monoisotopic (exact) mass is 527 g/mol.